The van der Waals surface area contributed by atoms with Crippen molar-refractivity contribution in [3.63, 3.8) is 0 Å². The molecule has 1 aliphatic rings. The minimum atomic E-state index is -0.591. The van der Waals surface area contributed by atoms with Gasteiger partial charge in [0.25, 0.3) is 0 Å². The number of carbonyl (C=O) groups is 1. The van der Waals surface area contributed by atoms with E-state index in [1.165, 1.54) is 11.7 Å². The van der Waals surface area contributed by atoms with E-state index in [4.69, 9.17) is 4.74 Å². The lowest BCUT2D eigenvalue weighted by molar-refractivity contribution is -0.151. The van der Waals surface area contributed by atoms with Gasteiger partial charge in [0, 0.05) is 13.0 Å². The summed E-state index contributed by atoms with van der Waals surface area (Å²) in [5.74, 6) is -0.437. The fourth-order valence-electron chi connectivity index (χ4n) is 3.08. The van der Waals surface area contributed by atoms with Crippen LogP contribution in [0.3, 0.4) is 0 Å². The van der Waals surface area contributed by atoms with Crippen molar-refractivity contribution in [1.29, 1.82) is 0 Å². The third-order valence-corrected chi connectivity index (χ3v) is 4.75. The van der Waals surface area contributed by atoms with Crippen LogP contribution in [0, 0.1) is 5.41 Å². The molecule has 2 aromatic rings. The molecular formula is C21H25N3O4. The molecule has 1 aromatic carbocycles. The van der Waals surface area contributed by atoms with Gasteiger partial charge < -0.3 is 4.74 Å². The number of hydrogen-bond acceptors (Lipinski definition) is 4. The molecule has 2 atom stereocenters. The van der Waals surface area contributed by atoms with Crippen LogP contribution in [0.15, 0.2) is 63.7 Å². The summed E-state index contributed by atoms with van der Waals surface area (Å²) in [4.78, 5) is 36.5. The highest BCUT2D eigenvalue weighted by molar-refractivity contribution is 5.75. The molecule has 0 spiro atoms. The van der Waals surface area contributed by atoms with Gasteiger partial charge >= 0.3 is 17.3 Å². The Morgan fingerprint density at radius 2 is 1.86 bits per heavy atom. The first-order valence-electron chi connectivity index (χ1n) is 9.17. The second kappa shape index (κ2) is 7.50. The van der Waals surface area contributed by atoms with Crippen LogP contribution >= 0.6 is 0 Å². The van der Waals surface area contributed by atoms with Crippen molar-refractivity contribution < 1.29 is 9.53 Å². The second-order valence-electron chi connectivity index (χ2n) is 7.98. The molecule has 0 saturated carbocycles. The van der Waals surface area contributed by atoms with Crippen molar-refractivity contribution in [2.24, 2.45) is 12.5 Å². The first-order chi connectivity index (χ1) is 13.2. The standard InChI is InChI=1S/C21H25N3O4/c1-21(2,3)18(25)28-13-14-10-11-16(15-8-6-5-7-9-15)17(12-14)24-20(27)23(4)19(26)22-24/h5-12,16-17H,13H2,1-4H3,(H,22,26)/t16-,17+/m1/s1. The molecule has 1 N–H and O–H groups in total. The summed E-state index contributed by atoms with van der Waals surface area (Å²) < 4.78 is 7.77. The van der Waals surface area contributed by atoms with E-state index in [2.05, 4.69) is 5.10 Å². The fraction of sp³-hybridized carbons (Fsp3) is 0.381. The first kappa shape index (κ1) is 19.7. The van der Waals surface area contributed by atoms with Crippen LogP contribution in [0.5, 0.6) is 0 Å². The Hall–Kier alpha value is -3.09. The summed E-state index contributed by atoms with van der Waals surface area (Å²) in [6, 6.07) is 9.31. The van der Waals surface area contributed by atoms with Crippen molar-refractivity contribution in [3.05, 3.63) is 80.7 Å². The van der Waals surface area contributed by atoms with Gasteiger partial charge in [-0.1, -0.05) is 48.6 Å². The van der Waals surface area contributed by atoms with Crippen LogP contribution in [0.4, 0.5) is 0 Å². The van der Waals surface area contributed by atoms with Gasteiger partial charge in [0.15, 0.2) is 0 Å². The number of carbonyl (C=O) groups excluding carboxylic acids is 1. The second-order valence-corrected chi connectivity index (χ2v) is 7.98. The average Bonchev–Trinajstić information content (AvgIpc) is 2.93. The van der Waals surface area contributed by atoms with Crippen molar-refractivity contribution in [1.82, 2.24) is 14.3 Å². The number of esters is 1. The predicted molar refractivity (Wildman–Crippen MR) is 106 cm³/mol. The van der Waals surface area contributed by atoms with Crippen LogP contribution < -0.4 is 11.4 Å². The lowest BCUT2D eigenvalue weighted by Gasteiger charge is -2.27. The van der Waals surface area contributed by atoms with Crippen LogP contribution in [0.2, 0.25) is 0 Å². The van der Waals surface area contributed by atoms with Crippen LogP contribution in [-0.2, 0) is 16.6 Å². The van der Waals surface area contributed by atoms with E-state index >= 15 is 0 Å². The molecule has 7 heteroatoms. The van der Waals surface area contributed by atoms with Gasteiger partial charge in [-0.3, -0.25) is 4.79 Å². The molecule has 28 heavy (non-hydrogen) atoms. The molecule has 0 radical (unpaired) electrons. The monoisotopic (exact) mass is 383 g/mol. The lowest BCUT2D eigenvalue weighted by atomic mass is 9.86. The van der Waals surface area contributed by atoms with Crippen molar-refractivity contribution in [2.45, 2.75) is 32.7 Å². The number of hydrogen-bond donors (Lipinski definition) is 1. The number of nitrogens with one attached hydrogen (secondary N) is 1. The molecule has 1 heterocycles. The SMILES string of the molecule is Cn1c(=O)[nH]n([C@H]2C=C(COC(=O)C(C)(C)C)C=C[C@@H]2c2ccccc2)c1=O. The molecule has 0 aliphatic heterocycles. The van der Waals surface area contributed by atoms with Gasteiger partial charge in [0.1, 0.15) is 6.61 Å². The fourth-order valence-corrected chi connectivity index (χ4v) is 3.08. The first-order valence-corrected chi connectivity index (χ1v) is 9.17. The maximum absolute atomic E-state index is 12.5. The maximum Gasteiger partial charge on any atom is 0.347 e. The zero-order valence-corrected chi connectivity index (χ0v) is 16.5. The molecule has 0 saturated heterocycles. The minimum Gasteiger partial charge on any atom is -0.460 e. The van der Waals surface area contributed by atoms with Gasteiger partial charge in [-0.2, -0.15) is 0 Å². The number of H-pyrrole nitrogens is 1. The summed E-state index contributed by atoms with van der Waals surface area (Å²) in [5.41, 5.74) is 0.301. The Bertz CT molecular complexity index is 1030. The molecule has 0 bridgehead atoms. The Kier molecular flexibility index (Phi) is 5.27. The number of aromatic nitrogens is 3. The molecule has 0 unspecified atom stereocenters. The van der Waals surface area contributed by atoms with Crippen LogP contribution in [0.25, 0.3) is 0 Å². The predicted octanol–water partition coefficient (Wildman–Crippen LogP) is 2.29. The van der Waals surface area contributed by atoms with E-state index in [9.17, 15) is 14.4 Å². The summed E-state index contributed by atoms with van der Waals surface area (Å²) >= 11 is 0. The van der Waals surface area contributed by atoms with E-state index in [-0.39, 0.29) is 18.5 Å². The van der Waals surface area contributed by atoms with Gasteiger partial charge in [0.2, 0.25) is 0 Å². The van der Waals surface area contributed by atoms with Crippen LogP contribution in [-0.4, -0.2) is 26.9 Å². The Labute approximate surface area is 162 Å². The average molecular weight is 383 g/mol. The molecule has 0 amide bonds. The molecular weight excluding hydrogens is 358 g/mol. The van der Waals surface area contributed by atoms with Crippen LogP contribution in [0.1, 0.15) is 38.3 Å². The smallest absolute Gasteiger partial charge is 0.347 e. The minimum absolute atomic E-state index is 0.108. The van der Waals surface area contributed by atoms with E-state index in [0.29, 0.717) is 0 Å². The van der Waals surface area contributed by atoms with E-state index in [1.807, 2.05) is 48.6 Å². The Balaban J connectivity index is 1.95. The maximum atomic E-state index is 12.5. The molecule has 148 valence electrons. The zero-order chi connectivity index (χ0) is 20.5. The molecule has 1 aromatic heterocycles. The van der Waals surface area contributed by atoms with Crippen molar-refractivity contribution in [3.8, 4) is 0 Å². The molecule has 1 aliphatic carbocycles. The number of allylic oxidation sites excluding steroid dienone is 2. The number of ether oxygens (including phenoxy) is 1. The van der Waals surface area contributed by atoms with Gasteiger partial charge in [0.05, 0.1) is 11.5 Å². The number of rotatable bonds is 4. The van der Waals surface area contributed by atoms with Gasteiger partial charge in [-0.05, 0) is 31.9 Å². The lowest BCUT2D eigenvalue weighted by Crippen LogP contribution is -2.31. The number of benzene rings is 1. The third-order valence-electron chi connectivity index (χ3n) is 4.75. The van der Waals surface area contributed by atoms with Gasteiger partial charge in [-0.25, -0.2) is 23.9 Å². The summed E-state index contributed by atoms with van der Waals surface area (Å²) in [7, 11) is 1.43. The summed E-state index contributed by atoms with van der Waals surface area (Å²) in [6.45, 7) is 5.49. The number of aromatic amines is 1. The zero-order valence-electron chi connectivity index (χ0n) is 16.5. The van der Waals surface area contributed by atoms with E-state index < -0.39 is 22.8 Å². The quantitative estimate of drug-likeness (QED) is 0.821. The largest absolute Gasteiger partial charge is 0.460 e. The Morgan fingerprint density at radius 3 is 2.43 bits per heavy atom. The Morgan fingerprint density at radius 1 is 1.18 bits per heavy atom. The van der Waals surface area contributed by atoms with Gasteiger partial charge in [-0.15, -0.1) is 0 Å². The highest BCUT2D eigenvalue weighted by Gasteiger charge is 2.28. The molecule has 0 fully saturated rings. The summed E-state index contributed by atoms with van der Waals surface area (Å²) in [5, 5.41) is 2.62. The topological polar surface area (TPSA) is 86.1 Å². The highest BCUT2D eigenvalue weighted by atomic mass is 16.5. The highest BCUT2D eigenvalue weighted by Crippen LogP contribution is 2.34. The number of nitrogens with zero attached hydrogens (tertiary/aromatic N) is 2. The van der Waals surface area contributed by atoms with Crippen molar-refractivity contribution >= 4 is 5.97 Å². The third kappa shape index (κ3) is 3.93. The molecule has 7 nitrogen and oxygen atoms in total. The van der Waals surface area contributed by atoms with E-state index in [0.717, 1.165) is 15.7 Å². The normalized spacial score (nSPS) is 19.4. The van der Waals surface area contributed by atoms with Crippen molar-refractivity contribution in [2.75, 3.05) is 6.61 Å². The summed E-state index contributed by atoms with van der Waals surface area (Å²) in [6.07, 6.45) is 5.74. The van der Waals surface area contributed by atoms with E-state index in [1.54, 1.807) is 20.8 Å². The molecule has 3 rings (SSSR count).